The summed E-state index contributed by atoms with van der Waals surface area (Å²) in [5, 5.41) is 16.4. The quantitative estimate of drug-likeness (QED) is 0.369. The van der Waals surface area contributed by atoms with Gasteiger partial charge in [0.15, 0.2) is 0 Å². The summed E-state index contributed by atoms with van der Waals surface area (Å²) in [5.41, 5.74) is 0.0792. The molecule has 2 unspecified atom stereocenters. The lowest BCUT2D eigenvalue weighted by atomic mass is 9.87. The van der Waals surface area contributed by atoms with Crippen molar-refractivity contribution in [3.63, 3.8) is 0 Å². The molecule has 10 heteroatoms. The molecule has 0 spiro atoms. The molecule has 38 heavy (non-hydrogen) atoms. The van der Waals surface area contributed by atoms with E-state index in [0.717, 1.165) is 6.42 Å². The maximum atomic E-state index is 14.1. The molecule has 0 aliphatic heterocycles. The van der Waals surface area contributed by atoms with Crippen molar-refractivity contribution < 1.29 is 33.8 Å². The van der Waals surface area contributed by atoms with E-state index in [9.17, 15) is 24.3 Å². The van der Waals surface area contributed by atoms with Gasteiger partial charge in [-0.05, 0) is 65.4 Å². The highest BCUT2D eigenvalue weighted by atomic mass is 16.6. The number of ether oxygens (including phenoxy) is 2. The van der Waals surface area contributed by atoms with E-state index in [4.69, 9.17) is 9.47 Å². The zero-order valence-corrected chi connectivity index (χ0v) is 23.6. The second-order valence-corrected chi connectivity index (χ2v) is 11.0. The number of benzene rings is 1. The molecule has 10 nitrogen and oxygen atoms in total. The lowest BCUT2D eigenvalue weighted by Gasteiger charge is -2.44. The number of hydrogen-bond donors (Lipinski definition) is 3. The van der Waals surface area contributed by atoms with Gasteiger partial charge in [-0.3, -0.25) is 14.4 Å². The van der Waals surface area contributed by atoms with Crippen LogP contribution in [-0.2, 0) is 23.9 Å². The van der Waals surface area contributed by atoms with Gasteiger partial charge in [-0.1, -0.05) is 32.0 Å². The molecule has 3 amide bonds. The molecule has 2 rings (SSSR count). The van der Waals surface area contributed by atoms with Crippen molar-refractivity contribution in [2.75, 3.05) is 13.2 Å². The number of carbonyl (C=O) groups excluding carboxylic acids is 4. The van der Waals surface area contributed by atoms with Gasteiger partial charge in [-0.25, -0.2) is 4.79 Å². The molecule has 212 valence electrons. The third-order valence-corrected chi connectivity index (χ3v) is 6.35. The molecule has 1 fully saturated rings. The van der Waals surface area contributed by atoms with Gasteiger partial charge in [-0.15, -0.1) is 0 Å². The predicted octanol–water partition coefficient (Wildman–Crippen LogP) is 3.74. The monoisotopic (exact) mass is 533 g/mol. The Bertz CT molecular complexity index is 999. The van der Waals surface area contributed by atoms with Crippen molar-refractivity contribution in [1.82, 2.24) is 15.5 Å². The van der Waals surface area contributed by atoms with Crippen LogP contribution in [0.15, 0.2) is 18.2 Å². The first-order valence-corrected chi connectivity index (χ1v) is 13.3. The number of aromatic hydroxyl groups is 1. The number of nitrogens with one attached hydrogen (secondary N) is 2. The minimum absolute atomic E-state index is 0.0111. The number of esters is 1. The Morgan fingerprint density at radius 1 is 1.16 bits per heavy atom. The van der Waals surface area contributed by atoms with Crippen molar-refractivity contribution in [3.05, 3.63) is 29.3 Å². The summed E-state index contributed by atoms with van der Waals surface area (Å²) < 4.78 is 10.3. The Kier molecular flexibility index (Phi) is 11.0. The highest BCUT2D eigenvalue weighted by Gasteiger charge is 2.43. The lowest BCUT2D eigenvalue weighted by Crippen LogP contribution is -2.58. The highest BCUT2D eigenvalue weighted by Crippen LogP contribution is 2.38. The van der Waals surface area contributed by atoms with Crippen LogP contribution in [-0.4, -0.2) is 64.7 Å². The maximum absolute atomic E-state index is 14.1. The van der Waals surface area contributed by atoms with Gasteiger partial charge in [0.2, 0.25) is 11.8 Å². The number of aryl methyl sites for hydroxylation is 1. The zero-order chi connectivity index (χ0) is 28.6. The van der Waals surface area contributed by atoms with Gasteiger partial charge < -0.3 is 30.1 Å². The largest absolute Gasteiger partial charge is 0.507 e. The molecule has 0 bridgehead atoms. The molecule has 1 saturated carbocycles. The molecule has 0 radical (unpaired) electrons. The second-order valence-electron chi connectivity index (χ2n) is 11.0. The van der Waals surface area contributed by atoms with Gasteiger partial charge >= 0.3 is 12.1 Å². The fourth-order valence-electron chi connectivity index (χ4n) is 4.23. The van der Waals surface area contributed by atoms with Crippen LogP contribution in [0.25, 0.3) is 0 Å². The van der Waals surface area contributed by atoms with Crippen LogP contribution in [0.1, 0.15) is 84.4 Å². The van der Waals surface area contributed by atoms with E-state index in [0.29, 0.717) is 18.4 Å². The standard InChI is InChI=1S/C28H43N3O7/c1-8-37-21(32)15-16-29-25(34)23(20-14-9-11-18(4)24(20)33)31(19-12-10-13-19)26(35)22(17(2)3)30-27(36)38-28(5,6)7/h9,11,14,17,19,22-23,33H,8,10,12-13,15-16H2,1-7H3,(H,29,34)(H,30,36). The van der Waals surface area contributed by atoms with E-state index in [2.05, 4.69) is 10.6 Å². The molecule has 1 aliphatic rings. The first-order valence-electron chi connectivity index (χ1n) is 13.3. The third-order valence-electron chi connectivity index (χ3n) is 6.35. The Morgan fingerprint density at radius 2 is 1.82 bits per heavy atom. The number of phenols is 1. The number of phenolic OH excluding ortho intramolecular Hbond substituents is 1. The summed E-state index contributed by atoms with van der Waals surface area (Å²) in [5.74, 6) is -1.82. The van der Waals surface area contributed by atoms with Crippen LogP contribution < -0.4 is 10.6 Å². The van der Waals surface area contributed by atoms with Gasteiger partial charge in [-0.2, -0.15) is 0 Å². The normalized spacial score (nSPS) is 15.2. The molecule has 3 N–H and O–H groups in total. The van der Waals surface area contributed by atoms with Crippen molar-refractivity contribution in [3.8, 4) is 5.75 Å². The van der Waals surface area contributed by atoms with Crippen LogP contribution in [0, 0.1) is 12.8 Å². The number of alkyl carbamates (subject to hydrolysis) is 1. The van der Waals surface area contributed by atoms with Crippen LogP contribution in [0.4, 0.5) is 4.79 Å². The van der Waals surface area contributed by atoms with Crippen LogP contribution in [0.3, 0.4) is 0 Å². The van der Waals surface area contributed by atoms with E-state index >= 15 is 0 Å². The molecule has 2 atom stereocenters. The zero-order valence-electron chi connectivity index (χ0n) is 23.6. The topological polar surface area (TPSA) is 134 Å². The van der Waals surface area contributed by atoms with Crippen molar-refractivity contribution in [1.29, 1.82) is 0 Å². The molecule has 0 heterocycles. The Balaban J connectivity index is 2.46. The average molecular weight is 534 g/mol. The van der Waals surface area contributed by atoms with Crippen molar-refractivity contribution in [2.24, 2.45) is 5.92 Å². The van der Waals surface area contributed by atoms with Crippen LogP contribution in [0.5, 0.6) is 5.75 Å². The molecule has 1 aliphatic carbocycles. The molecular weight excluding hydrogens is 490 g/mol. The highest BCUT2D eigenvalue weighted by molar-refractivity contribution is 5.93. The minimum Gasteiger partial charge on any atom is -0.507 e. The van der Waals surface area contributed by atoms with Crippen LogP contribution >= 0.6 is 0 Å². The fourth-order valence-corrected chi connectivity index (χ4v) is 4.23. The number of nitrogens with zero attached hydrogens (tertiary/aromatic N) is 1. The van der Waals surface area contributed by atoms with Gasteiger partial charge in [0.25, 0.3) is 0 Å². The Labute approximate surface area is 225 Å². The molecule has 1 aromatic carbocycles. The maximum Gasteiger partial charge on any atom is 0.408 e. The SMILES string of the molecule is CCOC(=O)CCNC(=O)C(c1cccc(C)c1O)N(C(=O)C(NC(=O)OC(C)(C)C)C(C)C)C1CCC1. The Morgan fingerprint density at radius 3 is 2.34 bits per heavy atom. The smallest absolute Gasteiger partial charge is 0.408 e. The molecule has 1 aromatic rings. The average Bonchev–Trinajstić information content (AvgIpc) is 2.77. The fraction of sp³-hybridized carbons (Fsp3) is 0.643. The lowest BCUT2D eigenvalue weighted by molar-refractivity contribution is -0.148. The van der Waals surface area contributed by atoms with E-state index in [-0.39, 0.29) is 42.8 Å². The summed E-state index contributed by atoms with van der Waals surface area (Å²) >= 11 is 0. The number of hydrogen-bond acceptors (Lipinski definition) is 7. The number of para-hydroxylation sites is 1. The first-order chi connectivity index (χ1) is 17.8. The summed E-state index contributed by atoms with van der Waals surface area (Å²) in [4.78, 5) is 53.7. The summed E-state index contributed by atoms with van der Waals surface area (Å²) in [6.45, 7) is 12.5. The number of rotatable bonds is 11. The predicted molar refractivity (Wildman–Crippen MR) is 142 cm³/mol. The summed E-state index contributed by atoms with van der Waals surface area (Å²) in [7, 11) is 0. The molecule has 0 aromatic heterocycles. The van der Waals surface area contributed by atoms with Gasteiger partial charge in [0.05, 0.1) is 13.0 Å². The number of carbonyl (C=O) groups is 4. The molecular formula is C28H43N3O7. The third kappa shape index (κ3) is 8.36. The van der Waals surface area contributed by atoms with Gasteiger partial charge in [0, 0.05) is 18.2 Å². The van der Waals surface area contributed by atoms with E-state index in [1.165, 1.54) is 4.90 Å². The Hall–Kier alpha value is -3.30. The summed E-state index contributed by atoms with van der Waals surface area (Å²) in [6.07, 6.45) is 1.49. The van der Waals surface area contributed by atoms with Crippen molar-refractivity contribution >= 4 is 23.9 Å². The minimum atomic E-state index is -1.17. The van der Waals surface area contributed by atoms with E-state index in [1.54, 1.807) is 66.7 Å². The van der Waals surface area contributed by atoms with Crippen LogP contribution in [0.2, 0.25) is 0 Å². The molecule has 0 saturated heterocycles. The number of amides is 3. The summed E-state index contributed by atoms with van der Waals surface area (Å²) in [6, 6.07) is 2.65. The van der Waals surface area contributed by atoms with E-state index < -0.39 is 41.6 Å². The first kappa shape index (κ1) is 30.9. The van der Waals surface area contributed by atoms with E-state index in [1.807, 2.05) is 0 Å². The van der Waals surface area contributed by atoms with Crippen molar-refractivity contribution in [2.45, 2.75) is 97.9 Å². The second kappa shape index (κ2) is 13.5. The van der Waals surface area contributed by atoms with Gasteiger partial charge in [0.1, 0.15) is 23.4 Å².